The van der Waals surface area contributed by atoms with E-state index in [-0.39, 0.29) is 5.75 Å². The second kappa shape index (κ2) is 11.3. The lowest BCUT2D eigenvalue weighted by molar-refractivity contribution is -0.149. The first-order chi connectivity index (χ1) is 16.5. The SMILES string of the molecule is CC(C)OC(=O)[C@H](C)NP(=O)(OC[C@H]1O[C@@H](n2ccc(=O)[nH]c2=O)[C@H](O)[C@@H]1O)Oc1ccccc1. The van der Waals surface area contributed by atoms with Crippen molar-refractivity contribution in [3.8, 4) is 5.75 Å². The summed E-state index contributed by atoms with van der Waals surface area (Å²) in [6, 6.07) is 8.02. The molecule has 1 unspecified atom stereocenters. The van der Waals surface area contributed by atoms with E-state index in [1.807, 2.05) is 4.98 Å². The van der Waals surface area contributed by atoms with Crippen LogP contribution in [0, 0.1) is 0 Å². The lowest BCUT2D eigenvalue weighted by atomic mass is 10.1. The first-order valence-electron chi connectivity index (χ1n) is 10.8. The van der Waals surface area contributed by atoms with Gasteiger partial charge < -0.3 is 24.2 Å². The summed E-state index contributed by atoms with van der Waals surface area (Å²) in [6.45, 7) is 4.19. The van der Waals surface area contributed by atoms with E-state index < -0.39 is 68.3 Å². The number of carbonyl (C=O) groups is 1. The second-order valence-corrected chi connectivity index (χ2v) is 9.79. The number of para-hydroxylation sites is 1. The minimum Gasteiger partial charge on any atom is -0.462 e. The zero-order valence-electron chi connectivity index (χ0n) is 19.3. The molecule has 1 aromatic heterocycles. The van der Waals surface area contributed by atoms with E-state index >= 15 is 0 Å². The predicted molar refractivity (Wildman–Crippen MR) is 122 cm³/mol. The molecule has 1 aromatic carbocycles. The predicted octanol–water partition coefficient (Wildman–Crippen LogP) is 0.289. The summed E-state index contributed by atoms with van der Waals surface area (Å²) in [6.07, 6.45) is -4.97. The molecule has 6 atom stereocenters. The Balaban J connectivity index is 1.75. The van der Waals surface area contributed by atoms with E-state index in [4.69, 9.17) is 18.5 Å². The molecule has 3 rings (SSSR count). The van der Waals surface area contributed by atoms with Gasteiger partial charge in [-0.25, -0.2) is 9.36 Å². The van der Waals surface area contributed by atoms with Crippen molar-refractivity contribution in [1.29, 1.82) is 0 Å². The van der Waals surface area contributed by atoms with Crippen LogP contribution in [-0.2, 0) is 23.4 Å². The summed E-state index contributed by atoms with van der Waals surface area (Å²) in [5, 5.41) is 23.3. The molecule has 0 bridgehead atoms. The zero-order chi connectivity index (χ0) is 25.8. The Kier molecular flexibility index (Phi) is 8.65. The van der Waals surface area contributed by atoms with Crippen molar-refractivity contribution < 1.29 is 38.1 Å². The number of rotatable bonds is 10. The number of hydrogen-bond acceptors (Lipinski definition) is 10. The van der Waals surface area contributed by atoms with Crippen molar-refractivity contribution >= 4 is 13.7 Å². The average Bonchev–Trinajstić information content (AvgIpc) is 3.06. The highest BCUT2D eigenvalue weighted by Crippen LogP contribution is 2.46. The maximum absolute atomic E-state index is 13.5. The van der Waals surface area contributed by atoms with Crippen LogP contribution in [-0.4, -0.2) is 62.8 Å². The molecule has 0 amide bonds. The lowest BCUT2D eigenvalue weighted by Crippen LogP contribution is -2.38. The van der Waals surface area contributed by atoms with Gasteiger partial charge in [-0.3, -0.25) is 23.7 Å². The summed E-state index contributed by atoms with van der Waals surface area (Å²) in [4.78, 5) is 37.6. The molecule has 192 valence electrons. The average molecular weight is 513 g/mol. The van der Waals surface area contributed by atoms with Crippen LogP contribution < -0.4 is 20.9 Å². The van der Waals surface area contributed by atoms with Crippen LogP contribution in [0.25, 0.3) is 0 Å². The highest BCUT2D eigenvalue weighted by atomic mass is 31.2. The van der Waals surface area contributed by atoms with Crippen LogP contribution in [0.3, 0.4) is 0 Å². The monoisotopic (exact) mass is 513 g/mol. The summed E-state index contributed by atoms with van der Waals surface area (Å²) < 4.78 is 36.1. The molecular weight excluding hydrogens is 485 g/mol. The van der Waals surface area contributed by atoms with Crippen molar-refractivity contribution in [2.75, 3.05) is 6.61 Å². The normalized spacial score (nSPS) is 24.6. The van der Waals surface area contributed by atoms with Crippen molar-refractivity contribution in [2.24, 2.45) is 0 Å². The van der Waals surface area contributed by atoms with Gasteiger partial charge in [0.05, 0.1) is 12.7 Å². The van der Waals surface area contributed by atoms with E-state index in [2.05, 4.69) is 5.09 Å². The number of hydrogen-bond donors (Lipinski definition) is 4. The summed E-state index contributed by atoms with van der Waals surface area (Å²) in [7, 11) is -4.24. The second-order valence-electron chi connectivity index (χ2n) is 8.10. The van der Waals surface area contributed by atoms with Crippen molar-refractivity contribution in [2.45, 2.75) is 57.5 Å². The molecule has 4 N–H and O–H groups in total. The van der Waals surface area contributed by atoms with Crippen molar-refractivity contribution in [3.63, 3.8) is 0 Å². The summed E-state index contributed by atoms with van der Waals surface area (Å²) in [5.74, 6) is -0.510. The Hall–Kier alpha value is -2.80. The Morgan fingerprint density at radius 1 is 1.17 bits per heavy atom. The highest BCUT2D eigenvalue weighted by Gasteiger charge is 2.45. The maximum Gasteiger partial charge on any atom is 0.459 e. The van der Waals surface area contributed by atoms with E-state index in [9.17, 15) is 29.2 Å². The van der Waals surface area contributed by atoms with Gasteiger partial charge in [-0.15, -0.1) is 0 Å². The number of nitrogens with one attached hydrogen (secondary N) is 2. The summed E-state index contributed by atoms with van der Waals surface area (Å²) >= 11 is 0. The molecule has 2 heterocycles. The largest absolute Gasteiger partial charge is 0.462 e. The number of aliphatic hydroxyl groups is 2. The number of nitrogens with zero attached hydrogens (tertiary/aromatic N) is 1. The fourth-order valence-electron chi connectivity index (χ4n) is 3.23. The van der Waals surface area contributed by atoms with Gasteiger partial charge in [-0.2, -0.15) is 5.09 Å². The number of benzene rings is 1. The third kappa shape index (κ3) is 6.88. The lowest BCUT2D eigenvalue weighted by Gasteiger charge is -2.25. The van der Waals surface area contributed by atoms with E-state index in [0.717, 1.165) is 16.8 Å². The van der Waals surface area contributed by atoms with E-state index in [1.54, 1.807) is 32.0 Å². The van der Waals surface area contributed by atoms with Gasteiger partial charge in [0.25, 0.3) is 5.56 Å². The topological polar surface area (TPSA) is 178 Å². The Bertz CT molecular complexity index is 1170. The van der Waals surface area contributed by atoms with E-state index in [0.29, 0.717) is 0 Å². The number of aliphatic hydroxyl groups excluding tert-OH is 2. The van der Waals surface area contributed by atoms with Gasteiger partial charge in [0, 0.05) is 12.3 Å². The first kappa shape index (κ1) is 26.8. The number of H-pyrrole nitrogens is 1. The summed E-state index contributed by atoms with van der Waals surface area (Å²) in [5.41, 5.74) is -1.50. The number of ether oxygens (including phenoxy) is 2. The number of carbonyl (C=O) groups excluding carboxylic acids is 1. The molecule has 0 spiro atoms. The molecule has 35 heavy (non-hydrogen) atoms. The van der Waals surface area contributed by atoms with Gasteiger partial charge in [0.15, 0.2) is 6.23 Å². The van der Waals surface area contributed by atoms with Gasteiger partial charge in [0.2, 0.25) is 0 Å². The minimum atomic E-state index is -4.24. The first-order valence-corrected chi connectivity index (χ1v) is 12.3. The Morgan fingerprint density at radius 3 is 2.49 bits per heavy atom. The maximum atomic E-state index is 13.5. The van der Waals surface area contributed by atoms with Crippen LogP contribution in [0.15, 0.2) is 52.2 Å². The van der Waals surface area contributed by atoms with Crippen LogP contribution in [0.4, 0.5) is 0 Å². The van der Waals surface area contributed by atoms with Crippen molar-refractivity contribution in [1.82, 2.24) is 14.6 Å². The molecule has 2 aromatic rings. The van der Waals surface area contributed by atoms with Crippen LogP contribution in [0.1, 0.15) is 27.0 Å². The molecule has 14 heteroatoms. The molecule has 1 aliphatic rings. The Morgan fingerprint density at radius 2 is 1.86 bits per heavy atom. The van der Waals surface area contributed by atoms with Gasteiger partial charge >= 0.3 is 19.4 Å². The molecule has 0 saturated carbocycles. The van der Waals surface area contributed by atoms with Crippen LogP contribution in [0.5, 0.6) is 5.75 Å². The highest BCUT2D eigenvalue weighted by molar-refractivity contribution is 7.52. The Labute approximate surface area is 200 Å². The molecule has 1 aliphatic heterocycles. The fourth-order valence-corrected chi connectivity index (χ4v) is 4.73. The van der Waals surface area contributed by atoms with Crippen LogP contribution >= 0.6 is 7.75 Å². The van der Waals surface area contributed by atoms with Gasteiger partial charge in [0.1, 0.15) is 30.1 Å². The zero-order valence-corrected chi connectivity index (χ0v) is 20.2. The van der Waals surface area contributed by atoms with Crippen molar-refractivity contribution in [3.05, 3.63) is 63.4 Å². The van der Waals surface area contributed by atoms with E-state index in [1.165, 1.54) is 19.1 Å². The molecular formula is C21H28N3O10P. The standard InChI is InChI=1S/C21H28N3O10P/c1-12(2)32-20(28)13(3)23-35(30,34-14-7-5-4-6-8-14)31-11-15-17(26)18(27)19(33-15)24-10-9-16(25)22-21(24)29/h4-10,12-13,15,17-19,26-27H,11H2,1-3H3,(H,23,30)(H,22,25,29)/t13-,15+,17+,18+,19+,35?/m0/s1. The third-order valence-electron chi connectivity index (χ3n) is 4.90. The number of esters is 1. The molecule has 13 nitrogen and oxygen atoms in total. The number of aromatic amines is 1. The fraction of sp³-hybridized carbons (Fsp3) is 0.476. The van der Waals surface area contributed by atoms with Gasteiger partial charge in [-0.05, 0) is 32.9 Å². The molecule has 0 radical (unpaired) electrons. The number of aromatic nitrogens is 2. The third-order valence-corrected chi connectivity index (χ3v) is 6.54. The minimum absolute atomic E-state index is 0.179. The molecule has 1 fully saturated rings. The molecule has 1 saturated heterocycles. The molecule has 0 aliphatic carbocycles. The quantitative estimate of drug-likeness (QED) is 0.253. The smallest absolute Gasteiger partial charge is 0.459 e. The van der Waals surface area contributed by atoms with Crippen LogP contribution in [0.2, 0.25) is 0 Å². The van der Waals surface area contributed by atoms with Gasteiger partial charge in [-0.1, -0.05) is 18.2 Å².